The van der Waals surface area contributed by atoms with E-state index in [4.69, 9.17) is 0 Å². The highest BCUT2D eigenvalue weighted by molar-refractivity contribution is 6.12. The number of rotatable bonds is 4. The maximum Gasteiger partial charge on any atom is 0.257 e. The molecular formula is C28H23N7O. The Balaban J connectivity index is 1.43. The van der Waals surface area contributed by atoms with Crippen molar-refractivity contribution in [3.05, 3.63) is 102 Å². The third kappa shape index (κ3) is 3.60. The zero-order chi connectivity index (χ0) is 24.8. The fourth-order valence-corrected chi connectivity index (χ4v) is 4.58. The smallest absolute Gasteiger partial charge is 0.257 e. The summed E-state index contributed by atoms with van der Waals surface area (Å²) in [7, 11) is 0. The third-order valence-electron chi connectivity index (χ3n) is 6.23. The number of aryl methyl sites for hydroxylation is 3. The second-order valence-electron chi connectivity index (χ2n) is 8.84. The SMILES string of the molecule is Cc1ccc(-n2ncc3c(-n4nc(C)cc4NC(=O)c4cccc5ccccc45)ncnc32)c(C)c1. The van der Waals surface area contributed by atoms with Gasteiger partial charge in [-0.2, -0.15) is 14.9 Å². The van der Waals surface area contributed by atoms with Gasteiger partial charge in [-0.3, -0.25) is 4.79 Å². The highest BCUT2D eigenvalue weighted by atomic mass is 16.1. The lowest BCUT2D eigenvalue weighted by Crippen LogP contribution is -2.16. The molecule has 3 heterocycles. The van der Waals surface area contributed by atoms with E-state index in [9.17, 15) is 4.79 Å². The van der Waals surface area contributed by atoms with E-state index in [1.165, 1.54) is 11.9 Å². The van der Waals surface area contributed by atoms with Crippen molar-refractivity contribution >= 4 is 33.5 Å². The van der Waals surface area contributed by atoms with Gasteiger partial charge in [0.25, 0.3) is 5.91 Å². The first-order valence-corrected chi connectivity index (χ1v) is 11.6. The second kappa shape index (κ2) is 8.42. The van der Waals surface area contributed by atoms with Crippen LogP contribution in [0.15, 0.2) is 79.3 Å². The van der Waals surface area contributed by atoms with Gasteiger partial charge in [0.15, 0.2) is 11.5 Å². The summed E-state index contributed by atoms with van der Waals surface area (Å²) >= 11 is 0. The number of amides is 1. The molecule has 0 aliphatic rings. The number of fused-ring (bicyclic) bond motifs is 2. The number of carbonyl (C=O) groups excluding carboxylic acids is 1. The molecule has 3 aromatic heterocycles. The van der Waals surface area contributed by atoms with Crippen LogP contribution in [0.1, 0.15) is 27.2 Å². The summed E-state index contributed by atoms with van der Waals surface area (Å²) in [5, 5.41) is 14.9. The molecule has 176 valence electrons. The molecular weight excluding hydrogens is 450 g/mol. The van der Waals surface area contributed by atoms with Crippen molar-refractivity contribution in [1.82, 2.24) is 29.5 Å². The monoisotopic (exact) mass is 473 g/mol. The molecule has 1 amide bonds. The molecule has 0 radical (unpaired) electrons. The van der Waals surface area contributed by atoms with E-state index in [1.807, 2.05) is 61.5 Å². The van der Waals surface area contributed by atoms with Crippen molar-refractivity contribution in [3.8, 4) is 11.5 Å². The van der Waals surface area contributed by atoms with Gasteiger partial charge in [-0.1, -0.05) is 54.1 Å². The lowest BCUT2D eigenvalue weighted by atomic mass is 10.0. The van der Waals surface area contributed by atoms with Crippen molar-refractivity contribution in [3.63, 3.8) is 0 Å². The highest BCUT2D eigenvalue weighted by Gasteiger charge is 2.19. The first-order valence-electron chi connectivity index (χ1n) is 11.6. The minimum absolute atomic E-state index is 0.218. The van der Waals surface area contributed by atoms with Gasteiger partial charge in [-0.05, 0) is 49.2 Å². The maximum absolute atomic E-state index is 13.3. The number of nitrogens with zero attached hydrogens (tertiary/aromatic N) is 6. The van der Waals surface area contributed by atoms with Crippen molar-refractivity contribution in [2.75, 3.05) is 5.32 Å². The minimum atomic E-state index is -0.218. The van der Waals surface area contributed by atoms with Gasteiger partial charge in [0.2, 0.25) is 0 Å². The van der Waals surface area contributed by atoms with E-state index in [-0.39, 0.29) is 5.91 Å². The number of hydrogen-bond donors (Lipinski definition) is 1. The van der Waals surface area contributed by atoms with E-state index < -0.39 is 0 Å². The molecule has 0 bridgehead atoms. The van der Waals surface area contributed by atoms with Crippen molar-refractivity contribution in [1.29, 1.82) is 0 Å². The van der Waals surface area contributed by atoms with Crippen LogP contribution >= 0.6 is 0 Å². The molecule has 6 rings (SSSR count). The number of benzene rings is 3. The van der Waals surface area contributed by atoms with Gasteiger partial charge in [0, 0.05) is 11.6 Å². The summed E-state index contributed by atoms with van der Waals surface area (Å²) in [5.74, 6) is 0.839. The van der Waals surface area contributed by atoms with E-state index in [0.717, 1.165) is 33.1 Å². The lowest BCUT2D eigenvalue weighted by molar-refractivity contribution is 0.102. The zero-order valence-corrected chi connectivity index (χ0v) is 20.1. The van der Waals surface area contributed by atoms with E-state index in [2.05, 4.69) is 51.5 Å². The normalized spacial score (nSPS) is 11.3. The van der Waals surface area contributed by atoms with Crippen LogP contribution in [0.3, 0.4) is 0 Å². The molecule has 6 aromatic rings. The Bertz CT molecular complexity index is 1780. The van der Waals surface area contributed by atoms with Gasteiger partial charge in [0.1, 0.15) is 12.1 Å². The topological polar surface area (TPSA) is 90.5 Å². The summed E-state index contributed by atoms with van der Waals surface area (Å²) in [6.45, 7) is 5.99. The molecule has 1 N–H and O–H groups in total. The van der Waals surface area contributed by atoms with E-state index in [0.29, 0.717) is 22.8 Å². The Labute approximate surface area is 207 Å². The molecule has 8 heteroatoms. The molecule has 0 fully saturated rings. The van der Waals surface area contributed by atoms with Gasteiger partial charge < -0.3 is 5.32 Å². The molecule has 36 heavy (non-hydrogen) atoms. The molecule has 0 saturated heterocycles. The van der Waals surface area contributed by atoms with Crippen LogP contribution in [0.4, 0.5) is 5.82 Å². The Morgan fingerprint density at radius 3 is 2.56 bits per heavy atom. The van der Waals surface area contributed by atoms with Gasteiger partial charge in [0.05, 0.1) is 23.0 Å². The summed E-state index contributed by atoms with van der Waals surface area (Å²) in [5.41, 5.74) is 5.22. The predicted molar refractivity (Wildman–Crippen MR) is 140 cm³/mol. The Morgan fingerprint density at radius 2 is 1.69 bits per heavy atom. The minimum Gasteiger partial charge on any atom is -0.306 e. The van der Waals surface area contributed by atoms with E-state index in [1.54, 1.807) is 15.6 Å². The zero-order valence-electron chi connectivity index (χ0n) is 20.1. The van der Waals surface area contributed by atoms with Crippen LogP contribution in [-0.4, -0.2) is 35.4 Å². The van der Waals surface area contributed by atoms with E-state index >= 15 is 0 Å². The molecule has 3 aromatic carbocycles. The maximum atomic E-state index is 13.3. The van der Waals surface area contributed by atoms with Gasteiger partial charge in [-0.25, -0.2) is 14.6 Å². The molecule has 0 unspecified atom stereocenters. The first kappa shape index (κ1) is 21.7. The lowest BCUT2D eigenvalue weighted by Gasteiger charge is -2.11. The Morgan fingerprint density at radius 1 is 0.861 bits per heavy atom. The first-order chi connectivity index (χ1) is 17.5. The number of nitrogens with one attached hydrogen (secondary N) is 1. The van der Waals surface area contributed by atoms with Gasteiger partial charge >= 0.3 is 0 Å². The molecule has 0 saturated carbocycles. The number of carbonyl (C=O) groups is 1. The van der Waals surface area contributed by atoms with Crippen LogP contribution in [0, 0.1) is 20.8 Å². The third-order valence-corrected chi connectivity index (χ3v) is 6.23. The summed E-state index contributed by atoms with van der Waals surface area (Å²) < 4.78 is 3.44. The summed E-state index contributed by atoms with van der Waals surface area (Å²) in [4.78, 5) is 22.4. The Kier molecular flexibility index (Phi) is 5.07. The fourth-order valence-electron chi connectivity index (χ4n) is 4.58. The van der Waals surface area contributed by atoms with Crippen molar-refractivity contribution < 1.29 is 4.79 Å². The number of anilines is 1. The van der Waals surface area contributed by atoms with Crippen LogP contribution < -0.4 is 5.32 Å². The molecule has 0 aliphatic carbocycles. The summed E-state index contributed by atoms with van der Waals surface area (Å²) in [6.07, 6.45) is 3.23. The van der Waals surface area contributed by atoms with Crippen molar-refractivity contribution in [2.45, 2.75) is 20.8 Å². The molecule has 0 spiro atoms. The Hall–Kier alpha value is -4.85. The number of hydrogen-bond acceptors (Lipinski definition) is 5. The van der Waals surface area contributed by atoms with Crippen LogP contribution in [0.25, 0.3) is 33.3 Å². The van der Waals surface area contributed by atoms with Crippen LogP contribution in [0.2, 0.25) is 0 Å². The molecule has 0 aliphatic heterocycles. The van der Waals surface area contributed by atoms with Crippen LogP contribution in [-0.2, 0) is 0 Å². The predicted octanol–water partition coefficient (Wildman–Crippen LogP) is 5.33. The van der Waals surface area contributed by atoms with Gasteiger partial charge in [-0.15, -0.1) is 0 Å². The highest BCUT2D eigenvalue weighted by Crippen LogP contribution is 2.26. The quantitative estimate of drug-likeness (QED) is 0.374. The molecule has 8 nitrogen and oxygen atoms in total. The average Bonchev–Trinajstić information content (AvgIpc) is 3.47. The molecule has 0 atom stereocenters. The van der Waals surface area contributed by atoms with Crippen molar-refractivity contribution in [2.24, 2.45) is 0 Å². The summed E-state index contributed by atoms with van der Waals surface area (Å²) in [6, 6.07) is 21.5. The average molecular weight is 474 g/mol. The number of aromatic nitrogens is 6. The fraction of sp³-hybridized carbons (Fsp3) is 0.107. The largest absolute Gasteiger partial charge is 0.306 e. The standard InChI is InChI=1S/C28H23N7O/c1-17-11-12-24(18(2)13-17)34-26-23(15-31-34)27(30-16-29-26)35-25(14-19(3)33-35)32-28(36)22-10-6-8-20-7-4-5-9-21(20)22/h4-16H,1-3H3,(H,32,36). The second-order valence-corrected chi connectivity index (χ2v) is 8.84. The van der Waals surface area contributed by atoms with Crippen LogP contribution in [0.5, 0.6) is 0 Å².